The highest BCUT2D eigenvalue weighted by Gasteiger charge is 2.36. The first-order valence-electron chi connectivity index (χ1n) is 10.5. The average molecular weight is 487 g/mol. The molecule has 174 valence electrons. The third-order valence-corrected chi connectivity index (χ3v) is 6.23. The molecule has 1 N–H and O–H groups in total. The molecule has 0 spiro atoms. The number of carbonyl (C=O) groups excluding carboxylic acids is 1. The number of benzene rings is 2. The fraction of sp³-hybridized carbons (Fsp3) is 0.0833. The normalized spacial score (nSPS) is 16.3. The van der Waals surface area contributed by atoms with Crippen LogP contribution in [0.25, 0.3) is 11.8 Å². The quantitative estimate of drug-likeness (QED) is 0.313. The van der Waals surface area contributed by atoms with Gasteiger partial charge in [-0.2, -0.15) is 15.1 Å². The zero-order valence-electron chi connectivity index (χ0n) is 18.4. The van der Waals surface area contributed by atoms with E-state index >= 15 is 0 Å². The molecule has 0 saturated carbocycles. The lowest BCUT2D eigenvalue weighted by Crippen LogP contribution is -2.35. The molecule has 0 fully saturated rings. The van der Waals surface area contributed by atoms with Crippen molar-refractivity contribution in [3.63, 3.8) is 0 Å². The molecule has 3 heterocycles. The Hall–Kier alpha value is -4.51. The number of aromatic nitrogens is 1. The van der Waals surface area contributed by atoms with E-state index in [9.17, 15) is 14.9 Å². The number of carbonyl (C=O) groups is 1. The van der Waals surface area contributed by atoms with Gasteiger partial charge in [0.15, 0.2) is 5.84 Å². The number of fused-ring (bicyclic) bond motifs is 1. The van der Waals surface area contributed by atoms with Gasteiger partial charge in [0, 0.05) is 29.7 Å². The number of ether oxygens (including phenoxy) is 1. The summed E-state index contributed by atoms with van der Waals surface area (Å²) in [4.78, 5) is 27.4. The minimum absolute atomic E-state index is 0.0153. The van der Waals surface area contributed by atoms with E-state index in [1.807, 2.05) is 31.2 Å². The van der Waals surface area contributed by atoms with Crippen molar-refractivity contribution in [1.29, 1.82) is 5.41 Å². The second-order valence-electron chi connectivity index (χ2n) is 7.64. The molecule has 0 atom stereocenters. The van der Waals surface area contributed by atoms with Gasteiger partial charge in [-0.05, 0) is 60.7 Å². The van der Waals surface area contributed by atoms with Crippen LogP contribution in [0.3, 0.4) is 0 Å². The Morgan fingerprint density at radius 2 is 1.91 bits per heavy atom. The van der Waals surface area contributed by atoms with Gasteiger partial charge in [-0.3, -0.25) is 20.3 Å². The Kier molecular flexibility index (Phi) is 5.75. The van der Waals surface area contributed by atoms with Crippen molar-refractivity contribution in [2.75, 3.05) is 6.61 Å². The number of hydrogen-bond donors (Lipinski definition) is 1. The number of para-hydroxylation sites is 1. The third kappa shape index (κ3) is 4.36. The van der Waals surface area contributed by atoms with Gasteiger partial charge in [0.05, 0.1) is 10.5 Å². The van der Waals surface area contributed by atoms with Gasteiger partial charge in [0.2, 0.25) is 5.17 Å². The molecule has 2 aromatic carbocycles. The van der Waals surface area contributed by atoms with E-state index in [0.717, 1.165) is 11.3 Å². The number of rotatable bonds is 6. The summed E-state index contributed by atoms with van der Waals surface area (Å²) < 4.78 is 7.60. The molecule has 0 saturated heterocycles. The maximum absolute atomic E-state index is 12.8. The smallest absolute Gasteiger partial charge is 0.283 e. The van der Waals surface area contributed by atoms with Crippen LogP contribution < -0.4 is 4.74 Å². The summed E-state index contributed by atoms with van der Waals surface area (Å²) in [7, 11) is 0. The Bertz CT molecular complexity index is 1450. The third-order valence-electron chi connectivity index (χ3n) is 5.35. The topological polar surface area (TPSA) is 126 Å². The minimum atomic E-state index is -0.540. The van der Waals surface area contributed by atoms with E-state index in [-0.39, 0.29) is 23.7 Å². The van der Waals surface area contributed by atoms with Crippen molar-refractivity contribution in [2.24, 2.45) is 10.1 Å². The zero-order chi connectivity index (χ0) is 24.5. The highest BCUT2D eigenvalue weighted by Crippen LogP contribution is 2.29. The van der Waals surface area contributed by atoms with Crippen LogP contribution in [0.5, 0.6) is 5.75 Å². The SMILES string of the molecule is Cc1ccccc1OCC1=NN2C(=N)/C(=C/c3cccn3-c3ccc([N+](=O)[O-])cc3)C(=O)N=C2S1. The van der Waals surface area contributed by atoms with Gasteiger partial charge in [-0.15, -0.1) is 0 Å². The lowest BCUT2D eigenvalue weighted by molar-refractivity contribution is -0.384. The molecule has 35 heavy (non-hydrogen) atoms. The number of hydrogen-bond acceptors (Lipinski definition) is 7. The van der Waals surface area contributed by atoms with Crippen molar-refractivity contribution >= 4 is 45.5 Å². The van der Waals surface area contributed by atoms with E-state index < -0.39 is 10.8 Å². The highest BCUT2D eigenvalue weighted by atomic mass is 32.2. The van der Waals surface area contributed by atoms with Crippen molar-refractivity contribution in [3.05, 3.63) is 93.8 Å². The summed E-state index contributed by atoms with van der Waals surface area (Å²) in [5.74, 6) is 0.109. The van der Waals surface area contributed by atoms with E-state index in [2.05, 4.69) is 10.1 Å². The van der Waals surface area contributed by atoms with Gasteiger partial charge in [-0.25, -0.2) is 0 Å². The number of nitro benzene ring substituents is 1. The fourth-order valence-electron chi connectivity index (χ4n) is 3.58. The summed E-state index contributed by atoms with van der Waals surface area (Å²) in [6, 6.07) is 17.2. The molecular formula is C24H18N6O4S. The maximum Gasteiger partial charge on any atom is 0.283 e. The molecule has 2 aliphatic heterocycles. The van der Waals surface area contributed by atoms with Crippen molar-refractivity contribution in [2.45, 2.75) is 6.92 Å². The lowest BCUT2D eigenvalue weighted by atomic mass is 10.1. The zero-order valence-corrected chi connectivity index (χ0v) is 19.2. The number of nitrogens with zero attached hydrogens (tertiary/aromatic N) is 5. The number of nitrogens with one attached hydrogen (secondary N) is 1. The summed E-state index contributed by atoms with van der Waals surface area (Å²) >= 11 is 1.19. The molecular weight excluding hydrogens is 468 g/mol. The standard InChI is InChI=1S/C24H18N6O4S/c1-15-5-2-3-7-20(15)34-14-21-27-29-22(25)19(23(31)26-24(29)35-21)13-18-6-4-12-28(18)16-8-10-17(11-9-16)30(32)33/h2-13,25H,14H2,1H3/b19-13-,25-22?. The molecule has 0 bridgehead atoms. The molecule has 0 radical (unpaired) electrons. The molecule has 5 rings (SSSR count). The van der Waals surface area contributed by atoms with Crippen LogP contribution in [0, 0.1) is 22.4 Å². The van der Waals surface area contributed by atoms with Crippen molar-refractivity contribution in [3.8, 4) is 11.4 Å². The van der Waals surface area contributed by atoms with E-state index in [0.29, 0.717) is 21.6 Å². The van der Waals surface area contributed by atoms with Gasteiger partial charge in [0.25, 0.3) is 11.6 Å². The Morgan fingerprint density at radius 1 is 1.14 bits per heavy atom. The fourth-order valence-corrected chi connectivity index (χ4v) is 4.38. The molecule has 3 aromatic rings. The highest BCUT2D eigenvalue weighted by molar-refractivity contribution is 8.27. The first kappa shape index (κ1) is 22.3. The molecule has 2 aliphatic rings. The number of aryl methyl sites for hydroxylation is 1. The van der Waals surface area contributed by atoms with Crippen LogP contribution >= 0.6 is 11.8 Å². The number of non-ortho nitro benzene ring substituents is 1. The van der Waals surface area contributed by atoms with Gasteiger partial charge >= 0.3 is 0 Å². The Labute approximate surface area is 203 Å². The predicted molar refractivity (Wildman–Crippen MR) is 134 cm³/mol. The minimum Gasteiger partial charge on any atom is -0.486 e. The van der Waals surface area contributed by atoms with Gasteiger partial charge in [-0.1, -0.05) is 18.2 Å². The van der Waals surface area contributed by atoms with Gasteiger partial charge < -0.3 is 9.30 Å². The molecule has 0 aliphatic carbocycles. The van der Waals surface area contributed by atoms with E-state index in [4.69, 9.17) is 10.1 Å². The lowest BCUT2D eigenvalue weighted by Gasteiger charge is -2.20. The summed E-state index contributed by atoms with van der Waals surface area (Å²) in [5, 5.41) is 26.2. The molecule has 10 nitrogen and oxygen atoms in total. The van der Waals surface area contributed by atoms with Crippen LogP contribution in [0.1, 0.15) is 11.3 Å². The number of amides is 1. The first-order chi connectivity index (χ1) is 16.9. The average Bonchev–Trinajstić information content (AvgIpc) is 3.48. The van der Waals surface area contributed by atoms with E-state index in [1.165, 1.54) is 28.9 Å². The molecule has 1 amide bonds. The van der Waals surface area contributed by atoms with E-state index in [1.54, 1.807) is 41.1 Å². The summed E-state index contributed by atoms with van der Waals surface area (Å²) in [6.07, 6.45) is 3.33. The number of nitro groups is 1. The van der Waals surface area contributed by atoms with Gasteiger partial charge in [0.1, 0.15) is 17.4 Å². The van der Waals surface area contributed by atoms with Crippen LogP contribution in [0.2, 0.25) is 0 Å². The maximum atomic E-state index is 12.8. The van der Waals surface area contributed by atoms with Crippen LogP contribution in [0.4, 0.5) is 5.69 Å². The Balaban J connectivity index is 1.38. The van der Waals surface area contributed by atoms with Crippen LogP contribution in [-0.4, -0.2) is 43.1 Å². The Morgan fingerprint density at radius 3 is 2.66 bits per heavy atom. The van der Waals surface area contributed by atoms with Crippen LogP contribution in [0.15, 0.2) is 82.5 Å². The summed E-state index contributed by atoms with van der Waals surface area (Å²) in [5.41, 5.74) is 2.36. The number of thioether (sulfide) groups is 1. The number of aliphatic imine (C=N–C) groups is 1. The van der Waals surface area contributed by atoms with Crippen LogP contribution in [-0.2, 0) is 4.79 Å². The number of hydrazone groups is 1. The monoisotopic (exact) mass is 486 g/mol. The molecule has 0 unspecified atom stereocenters. The summed E-state index contributed by atoms with van der Waals surface area (Å²) in [6.45, 7) is 2.14. The second kappa shape index (κ2) is 9.03. The first-order valence-corrected chi connectivity index (χ1v) is 11.3. The second-order valence-corrected chi connectivity index (χ2v) is 8.69. The largest absolute Gasteiger partial charge is 0.486 e. The van der Waals surface area contributed by atoms with Crippen molar-refractivity contribution < 1.29 is 14.5 Å². The molecule has 11 heteroatoms. The van der Waals surface area contributed by atoms with Crippen molar-refractivity contribution in [1.82, 2.24) is 9.58 Å². The predicted octanol–water partition coefficient (Wildman–Crippen LogP) is 4.39. The molecule has 1 aromatic heterocycles. The number of amidine groups is 2.